The minimum absolute atomic E-state index is 0.413. The predicted molar refractivity (Wildman–Crippen MR) is 72.4 cm³/mol. The van der Waals surface area contributed by atoms with Crippen molar-refractivity contribution in [1.82, 2.24) is 0 Å². The Bertz CT molecular complexity index is 284. The number of aryl methyl sites for hydroxylation is 1. The molecule has 0 saturated carbocycles. The molecule has 1 radical (unpaired) electrons. The Morgan fingerprint density at radius 1 is 1.12 bits per heavy atom. The van der Waals surface area contributed by atoms with Crippen LogP contribution in [0, 0.1) is 11.3 Å². The molecule has 0 bridgehead atoms. The maximum absolute atomic E-state index is 2.35. The van der Waals surface area contributed by atoms with Crippen molar-refractivity contribution in [3.05, 3.63) is 41.8 Å². The van der Waals surface area contributed by atoms with Crippen LogP contribution in [0.4, 0.5) is 0 Å². The zero-order valence-corrected chi connectivity index (χ0v) is 11.2. The van der Waals surface area contributed by atoms with Gasteiger partial charge in [-0.3, -0.25) is 0 Å². The first-order valence-corrected chi connectivity index (χ1v) is 6.43. The van der Waals surface area contributed by atoms with Crippen LogP contribution >= 0.6 is 0 Å². The lowest BCUT2D eigenvalue weighted by Crippen LogP contribution is -2.18. The van der Waals surface area contributed by atoms with Gasteiger partial charge in [-0.05, 0) is 36.2 Å². The van der Waals surface area contributed by atoms with E-state index >= 15 is 0 Å². The summed E-state index contributed by atoms with van der Waals surface area (Å²) in [4.78, 5) is 0. The minimum atomic E-state index is 0.413. The first-order valence-electron chi connectivity index (χ1n) is 6.43. The maximum Gasteiger partial charge on any atom is -0.0216 e. The van der Waals surface area contributed by atoms with Gasteiger partial charge < -0.3 is 0 Å². The molecule has 0 aliphatic carbocycles. The van der Waals surface area contributed by atoms with Crippen LogP contribution in [0.25, 0.3) is 0 Å². The summed E-state index contributed by atoms with van der Waals surface area (Å²) in [7, 11) is 0. The third kappa shape index (κ3) is 4.00. The molecule has 0 heteroatoms. The molecule has 0 aliphatic heterocycles. The third-order valence-corrected chi connectivity index (χ3v) is 3.90. The van der Waals surface area contributed by atoms with Crippen LogP contribution in [-0.2, 0) is 6.42 Å². The average molecular weight is 217 g/mol. The first-order chi connectivity index (χ1) is 7.56. The Morgan fingerprint density at radius 2 is 1.75 bits per heavy atom. The maximum atomic E-state index is 2.35. The van der Waals surface area contributed by atoms with Gasteiger partial charge in [0.05, 0.1) is 0 Å². The molecule has 0 fully saturated rings. The smallest absolute Gasteiger partial charge is 0.0216 e. The number of hydrogen-bond donors (Lipinski definition) is 0. The van der Waals surface area contributed by atoms with Crippen LogP contribution in [0.3, 0.4) is 0 Å². The molecule has 0 atom stereocenters. The minimum Gasteiger partial charge on any atom is -0.0649 e. The summed E-state index contributed by atoms with van der Waals surface area (Å²) in [5.74, 6) is 1.64. The molecule has 0 nitrogen and oxygen atoms in total. The van der Waals surface area contributed by atoms with Crippen molar-refractivity contribution in [2.24, 2.45) is 5.41 Å². The lowest BCUT2D eigenvalue weighted by Gasteiger charge is -2.30. The second-order valence-electron chi connectivity index (χ2n) is 5.36. The van der Waals surface area contributed by atoms with Crippen molar-refractivity contribution in [3.63, 3.8) is 0 Å². The zero-order valence-electron chi connectivity index (χ0n) is 11.2. The Hall–Kier alpha value is -0.780. The zero-order chi connectivity index (χ0) is 12.0. The van der Waals surface area contributed by atoms with E-state index in [1.807, 2.05) is 0 Å². The van der Waals surface area contributed by atoms with Crippen LogP contribution < -0.4 is 0 Å². The molecule has 16 heavy (non-hydrogen) atoms. The van der Waals surface area contributed by atoms with Crippen molar-refractivity contribution >= 4 is 0 Å². The van der Waals surface area contributed by atoms with Crippen molar-refractivity contribution in [2.45, 2.75) is 53.4 Å². The van der Waals surface area contributed by atoms with Gasteiger partial charge in [-0.25, -0.2) is 0 Å². The molecular formula is C16H25. The van der Waals surface area contributed by atoms with E-state index in [2.05, 4.69) is 58.0 Å². The van der Waals surface area contributed by atoms with Crippen LogP contribution in [0.2, 0.25) is 0 Å². The van der Waals surface area contributed by atoms with Crippen molar-refractivity contribution in [1.29, 1.82) is 0 Å². The van der Waals surface area contributed by atoms with Gasteiger partial charge in [0.25, 0.3) is 0 Å². The largest absolute Gasteiger partial charge is 0.0649 e. The van der Waals surface area contributed by atoms with E-state index in [1.165, 1.54) is 31.2 Å². The van der Waals surface area contributed by atoms with Gasteiger partial charge in [-0.15, -0.1) is 0 Å². The van der Waals surface area contributed by atoms with Crippen molar-refractivity contribution in [3.8, 4) is 0 Å². The molecular weight excluding hydrogens is 192 g/mol. The summed E-state index contributed by atoms with van der Waals surface area (Å²) in [6, 6.07) is 10.8. The molecule has 0 amide bonds. The summed E-state index contributed by atoms with van der Waals surface area (Å²) < 4.78 is 0. The molecule has 1 aromatic rings. The highest BCUT2D eigenvalue weighted by Gasteiger charge is 2.23. The van der Waals surface area contributed by atoms with Crippen LogP contribution in [0.5, 0.6) is 0 Å². The molecule has 0 N–H and O–H groups in total. The summed E-state index contributed by atoms with van der Waals surface area (Å²) in [5, 5.41) is 0. The molecule has 0 spiro atoms. The van der Waals surface area contributed by atoms with Gasteiger partial charge in [-0.2, -0.15) is 0 Å². The molecule has 0 aliphatic rings. The topological polar surface area (TPSA) is 0 Å². The molecule has 0 saturated heterocycles. The Labute approximate surface area is 101 Å². The Morgan fingerprint density at radius 3 is 2.31 bits per heavy atom. The summed E-state index contributed by atoms with van der Waals surface area (Å²) in [6.45, 7) is 9.30. The fraction of sp³-hybridized carbons (Fsp3) is 0.562. The van der Waals surface area contributed by atoms with Crippen LogP contribution in [0.15, 0.2) is 30.3 Å². The second kappa shape index (κ2) is 6.08. The van der Waals surface area contributed by atoms with Gasteiger partial charge in [0.2, 0.25) is 0 Å². The van der Waals surface area contributed by atoms with Gasteiger partial charge in [-0.1, -0.05) is 64.4 Å². The SMILES string of the molecule is CCC(C)(C)[C](C)CCCc1ccccc1. The molecule has 0 unspecified atom stereocenters. The second-order valence-corrected chi connectivity index (χ2v) is 5.36. The predicted octanol–water partition coefficient (Wildman–Crippen LogP) is 5.04. The van der Waals surface area contributed by atoms with Gasteiger partial charge in [0.15, 0.2) is 0 Å². The molecule has 1 rings (SSSR count). The summed E-state index contributed by atoms with van der Waals surface area (Å²) in [6.07, 6.45) is 4.98. The quantitative estimate of drug-likeness (QED) is 0.626. The highest BCUT2D eigenvalue weighted by atomic mass is 14.3. The van der Waals surface area contributed by atoms with Gasteiger partial charge >= 0.3 is 0 Å². The van der Waals surface area contributed by atoms with E-state index in [0.29, 0.717) is 5.41 Å². The summed E-state index contributed by atoms with van der Waals surface area (Å²) >= 11 is 0. The van der Waals surface area contributed by atoms with Crippen LogP contribution in [0.1, 0.15) is 52.5 Å². The standard InChI is InChI=1S/C16H25/c1-5-16(3,4)14(2)10-9-13-15-11-7-6-8-12-15/h6-8,11-12H,5,9-10,13H2,1-4H3. The average Bonchev–Trinajstić information content (AvgIpc) is 2.30. The van der Waals surface area contributed by atoms with Crippen LogP contribution in [-0.4, -0.2) is 0 Å². The lowest BCUT2D eigenvalue weighted by atomic mass is 9.75. The van der Waals surface area contributed by atoms with E-state index in [0.717, 1.165) is 0 Å². The van der Waals surface area contributed by atoms with E-state index < -0.39 is 0 Å². The fourth-order valence-electron chi connectivity index (χ4n) is 1.84. The molecule has 1 aromatic carbocycles. The molecule has 0 aromatic heterocycles. The van der Waals surface area contributed by atoms with Crippen molar-refractivity contribution < 1.29 is 0 Å². The lowest BCUT2D eigenvalue weighted by molar-refractivity contribution is 0.350. The highest BCUT2D eigenvalue weighted by molar-refractivity contribution is 5.14. The van der Waals surface area contributed by atoms with E-state index in [-0.39, 0.29) is 0 Å². The molecule has 89 valence electrons. The number of hydrogen-bond acceptors (Lipinski definition) is 0. The normalized spacial score (nSPS) is 12.1. The fourth-order valence-corrected chi connectivity index (χ4v) is 1.84. The van der Waals surface area contributed by atoms with E-state index in [9.17, 15) is 0 Å². The number of benzene rings is 1. The van der Waals surface area contributed by atoms with Gasteiger partial charge in [0.1, 0.15) is 0 Å². The molecule has 0 heterocycles. The van der Waals surface area contributed by atoms with Crippen molar-refractivity contribution in [2.75, 3.05) is 0 Å². The summed E-state index contributed by atoms with van der Waals surface area (Å²) in [5.41, 5.74) is 1.88. The first kappa shape index (κ1) is 13.3. The Kier molecular flexibility index (Phi) is 5.05. The van der Waals surface area contributed by atoms with E-state index in [1.54, 1.807) is 5.92 Å². The third-order valence-electron chi connectivity index (χ3n) is 3.90. The van der Waals surface area contributed by atoms with E-state index in [4.69, 9.17) is 0 Å². The number of rotatable bonds is 6. The monoisotopic (exact) mass is 217 g/mol. The Balaban J connectivity index is 2.31. The highest BCUT2D eigenvalue weighted by Crippen LogP contribution is 2.35. The van der Waals surface area contributed by atoms with Gasteiger partial charge in [0, 0.05) is 0 Å².